The van der Waals surface area contributed by atoms with E-state index in [0.29, 0.717) is 6.42 Å². The zero-order chi connectivity index (χ0) is 12.5. The highest BCUT2D eigenvalue weighted by Gasteiger charge is 2.44. The molecule has 0 aliphatic heterocycles. The molecule has 3 unspecified atom stereocenters. The molecule has 0 aromatic carbocycles. The van der Waals surface area contributed by atoms with E-state index in [9.17, 15) is 4.79 Å². The van der Waals surface area contributed by atoms with Crippen LogP contribution in [-0.2, 0) is 4.79 Å². The van der Waals surface area contributed by atoms with Crippen LogP contribution in [0.4, 0.5) is 0 Å². The monoisotopic (exact) mass is 256 g/mol. The van der Waals surface area contributed by atoms with Crippen molar-refractivity contribution in [2.75, 3.05) is 5.75 Å². The summed E-state index contributed by atoms with van der Waals surface area (Å²) in [7, 11) is 0. The lowest BCUT2D eigenvalue weighted by Gasteiger charge is -2.32. The molecule has 0 saturated heterocycles. The normalized spacial score (nSPS) is 35.5. The van der Waals surface area contributed by atoms with Gasteiger partial charge in [0.05, 0.1) is 6.42 Å². The Labute approximate surface area is 109 Å². The van der Waals surface area contributed by atoms with Gasteiger partial charge in [-0.2, -0.15) is 11.8 Å². The molecule has 2 nitrogen and oxygen atoms in total. The lowest BCUT2D eigenvalue weighted by atomic mass is 9.81. The summed E-state index contributed by atoms with van der Waals surface area (Å²) in [6.07, 6.45) is 6.66. The summed E-state index contributed by atoms with van der Waals surface area (Å²) in [4.78, 5) is 10.8. The first-order valence-electron chi connectivity index (χ1n) is 6.84. The summed E-state index contributed by atoms with van der Waals surface area (Å²) in [6.45, 7) is 4.72. The molecular weight excluding hydrogens is 232 g/mol. The van der Waals surface area contributed by atoms with E-state index in [1.165, 1.54) is 19.3 Å². The SMILES string of the molecule is CC1CCC(SCC2(CC(=O)O)CC2)CC1C. The smallest absolute Gasteiger partial charge is 0.303 e. The van der Waals surface area contributed by atoms with Crippen LogP contribution in [0.5, 0.6) is 0 Å². The Balaban J connectivity index is 1.73. The molecule has 0 radical (unpaired) electrons. The third-order valence-corrected chi connectivity index (χ3v) is 6.34. The maximum absolute atomic E-state index is 10.8. The zero-order valence-electron chi connectivity index (χ0n) is 10.9. The van der Waals surface area contributed by atoms with Crippen LogP contribution in [0.25, 0.3) is 0 Å². The Hall–Kier alpha value is -0.180. The van der Waals surface area contributed by atoms with Gasteiger partial charge >= 0.3 is 5.97 Å². The second-order valence-corrected chi connectivity index (χ2v) is 7.56. The van der Waals surface area contributed by atoms with Gasteiger partial charge in [-0.1, -0.05) is 13.8 Å². The Bertz CT molecular complexity index is 286. The van der Waals surface area contributed by atoms with Crippen LogP contribution >= 0.6 is 11.8 Å². The van der Waals surface area contributed by atoms with Gasteiger partial charge < -0.3 is 5.11 Å². The predicted molar refractivity (Wildman–Crippen MR) is 72.3 cm³/mol. The second-order valence-electron chi connectivity index (χ2n) is 6.27. The highest BCUT2D eigenvalue weighted by Crippen LogP contribution is 2.52. The molecule has 3 atom stereocenters. The molecule has 2 aliphatic carbocycles. The van der Waals surface area contributed by atoms with Crippen molar-refractivity contribution < 1.29 is 9.90 Å². The van der Waals surface area contributed by atoms with E-state index >= 15 is 0 Å². The van der Waals surface area contributed by atoms with Gasteiger partial charge in [0.15, 0.2) is 0 Å². The van der Waals surface area contributed by atoms with Crippen molar-refractivity contribution in [1.82, 2.24) is 0 Å². The van der Waals surface area contributed by atoms with Gasteiger partial charge in [-0.3, -0.25) is 4.79 Å². The summed E-state index contributed by atoms with van der Waals surface area (Å²) >= 11 is 2.05. The number of aliphatic carboxylic acids is 1. The van der Waals surface area contributed by atoms with Crippen LogP contribution in [0.1, 0.15) is 52.4 Å². The summed E-state index contributed by atoms with van der Waals surface area (Å²) in [6, 6.07) is 0. The minimum absolute atomic E-state index is 0.169. The number of carboxylic acids is 1. The molecule has 0 amide bonds. The van der Waals surface area contributed by atoms with E-state index < -0.39 is 5.97 Å². The van der Waals surface area contributed by atoms with Gasteiger partial charge in [-0.05, 0) is 55.1 Å². The number of thioether (sulfide) groups is 1. The summed E-state index contributed by atoms with van der Waals surface area (Å²) < 4.78 is 0. The molecule has 3 heteroatoms. The number of hydrogen-bond donors (Lipinski definition) is 1. The summed E-state index contributed by atoms with van der Waals surface area (Å²) in [5.41, 5.74) is 0.169. The van der Waals surface area contributed by atoms with Crippen LogP contribution in [0.15, 0.2) is 0 Å². The van der Waals surface area contributed by atoms with Crippen LogP contribution < -0.4 is 0 Å². The average Bonchev–Trinajstić information content (AvgIpc) is 2.99. The van der Waals surface area contributed by atoms with E-state index in [0.717, 1.165) is 35.7 Å². The molecule has 0 heterocycles. The quantitative estimate of drug-likeness (QED) is 0.813. The molecule has 2 rings (SSSR count). The fraction of sp³-hybridized carbons (Fsp3) is 0.929. The van der Waals surface area contributed by atoms with Crippen molar-refractivity contribution in [3.63, 3.8) is 0 Å². The lowest BCUT2D eigenvalue weighted by Crippen LogP contribution is -2.23. The molecule has 98 valence electrons. The fourth-order valence-corrected chi connectivity index (χ4v) is 4.54. The Morgan fingerprint density at radius 1 is 1.29 bits per heavy atom. The predicted octanol–water partition coefficient (Wildman–Crippen LogP) is 3.80. The highest BCUT2D eigenvalue weighted by molar-refractivity contribution is 7.99. The molecule has 0 bridgehead atoms. The molecule has 0 spiro atoms. The first kappa shape index (κ1) is 13.3. The number of carbonyl (C=O) groups is 1. The minimum Gasteiger partial charge on any atom is -0.481 e. The first-order valence-corrected chi connectivity index (χ1v) is 7.89. The fourth-order valence-electron chi connectivity index (χ4n) is 2.81. The van der Waals surface area contributed by atoms with Crippen molar-refractivity contribution in [3.05, 3.63) is 0 Å². The van der Waals surface area contributed by atoms with Gasteiger partial charge in [0.2, 0.25) is 0 Å². The third-order valence-electron chi connectivity index (χ3n) is 4.66. The molecule has 2 saturated carbocycles. The summed E-state index contributed by atoms with van der Waals surface area (Å²) in [5.74, 6) is 2.18. The van der Waals surface area contributed by atoms with E-state index in [4.69, 9.17) is 5.11 Å². The largest absolute Gasteiger partial charge is 0.481 e. The van der Waals surface area contributed by atoms with E-state index in [2.05, 4.69) is 25.6 Å². The molecule has 2 aliphatic rings. The van der Waals surface area contributed by atoms with Crippen molar-refractivity contribution in [1.29, 1.82) is 0 Å². The average molecular weight is 256 g/mol. The van der Waals surface area contributed by atoms with Crippen molar-refractivity contribution in [2.45, 2.75) is 57.6 Å². The second kappa shape index (κ2) is 5.21. The molecule has 1 N–H and O–H groups in total. The minimum atomic E-state index is -0.617. The van der Waals surface area contributed by atoms with Crippen molar-refractivity contribution in [3.8, 4) is 0 Å². The molecule has 17 heavy (non-hydrogen) atoms. The van der Waals surface area contributed by atoms with Gasteiger partial charge in [-0.15, -0.1) is 0 Å². The van der Waals surface area contributed by atoms with Crippen molar-refractivity contribution >= 4 is 17.7 Å². The molecule has 0 aromatic heterocycles. The number of carboxylic acid groups (broad SMARTS) is 1. The van der Waals surface area contributed by atoms with E-state index in [1.807, 2.05) is 0 Å². The number of rotatable bonds is 5. The third kappa shape index (κ3) is 3.64. The van der Waals surface area contributed by atoms with Crippen LogP contribution in [-0.4, -0.2) is 22.1 Å². The standard InChI is InChI=1S/C14H24O2S/c1-10-3-4-12(7-11(10)2)17-9-14(5-6-14)8-13(15)16/h10-12H,3-9H2,1-2H3,(H,15,16). The Morgan fingerprint density at radius 3 is 2.53 bits per heavy atom. The Kier molecular flexibility index (Phi) is 4.06. The zero-order valence-corrected chi connectivity index (χ0v) is 11.8. The number of hydrogen-bond acceptors (Lipinski definition) is 2. The maximum atomic E-state index is 10.8. The highest BCUT2D eigenvalue weighted by atomic mass is 32.2. The van der Waals surface area contributed by atoms with Gasteiger partial charge in [0, 0.05) is 5.25 Å². The van der Waals surface area contributed by atoms with E-state index in [1.54, 1.807) is 0 Å². The topological polar surface area (TPSA) is 37.3 Å². The van der Waals surface area contributed by atoms with Crippen LogP contribution in [0, 0.1) is 17.3 Å². The lowest BCUT2D eigenvalue weighted by molar-refractivity contribution is -0.138. The molecular formula is C14H24O2S. The maximum Gasteiger partial charge on any atom is 0.303 e. The van der Waals surface area contributed by atoms with E-state index in [-0.39, 0.29) is 5.41 Å². The molecule has 2 fully saturated rings. The van der Waals surface area contributed by atoms with Gasteiger partial charge in [-0.25, -0.2) is 0 Å². The molecule has 0 aromatic rings. The van der Waals surface area contributed by atoms with Crippen molar-refractivity contribution in [2.24, 2.45) is 17.3 Å². The van der Waals surface area contributed by atoms with Gasteiger partial charge in [0.1, 0.15) is 0 Å². The van der Waals surface area contributed by atoms with Crippen LogP contribution in [0.2, 0.25) is 0 Å². The van der Waals surface area contributed by atoms with Gasteiger partial charge in [0.25, 0.3) is 0 Å². The summed E-state index contributed by atoms with van der Waals surface area (Å²) in [5, 5.41) is 9.68. The van der Waals surface area contributed by atoms with Crippen LogP contribution in [0.3, 0.4) is 0 Å². The Morgan fingerprint density at radius 2 is 2.00 bits per heavy atom. The first-order chi connectivity index (χ1) is 8.01.